The van der Waals surface area contributed by atoms with E-state index in [0.29, 0.717) is 12.2 Å². The molecule has 0 saturated carbocycles. The second-order valence-corrected chi connectivity index (χ2v) is 2.96. The molecular formula is C7H15NO2S. The molecule has 0 spiro atoms. The third-order valence-electron chi connectivity index (χ3n) is 1.64. The maximum Gasteiger partial charge on any atom is 0.223 e. The first-order chi connectivity index (χ1) is 5.13. The van der Waals surface area contributed by atoms with Gasteiger partial charge in [-0.3, -0.25) is 4.79 Å². The highest BCUT2D eigenvalue weighted by Crippen LogP contribution is 1.98. The third-order valence-corrected chi connectivity index (χ3v) is 1.87. The molecule has 0 aromatic carbocycles. The van der Waals surface area contributed by atoms with E-state index >= 15 is 0 Å². The Balaban J connectivity index is 3.80. The Hall–Kier alpha value is -0.220. The van der Waals surface area contributed by atoms with Crippen LogP contribution in [0.25, 0.3) is 0 Å². The van der Waals surface area contributed by atoms with Crippen LogP contribution in [0, 0.1) is 0 Å². The lowest BCUT2D eigenvalue weighted by atomic mass is 10.3. The van der Waals surface area contributed by atoms with E-state index in [-0.39, 0.29) is 18.6 Å². The molecule has 0 bridgehead atoms. The van der Waals surface area contributed by atoms with Crippen LogP contribution in [0.15, 0.2) is 0 Å². The Bertz CT molecular complexity index is 130. The van der Waals surface area contributed by atoms with Gasteiger partial charge in [-0.25, -0.2) is 0 Å². The van der Waals surface area contributed by atoms with Crippen molar-refractivity contribution in [3.63, 3.8) is 0 Å². The highest BCUT2D eigenvalue weighted by atomic mass is 32.1. The summed E-state index contributed by atoms with van der Waals surface area (Å²) in [6.07, 6.45) is 0.434. The molecule has 0 heterocycles. The second kappa shape index (κ2) is 5.43. The number of hydrogen-bond donors (Lipinski definition) is 2. The molecular weight excluding hydrogens is 162 g/mol. The quantitative estimate of drug-likeness (QED) is 0.600. The van der Waals surface area contributed by atoms with Crippen molar-refractivity contribution in [3.8, 4) is 0 Å². The zero-order valence-corrected chi connectivity index (χ0v) is 7.84. The van der Waals surface area contributed by atoms with Crippen LogP contribution in [-0.2, 0) is 4.79 Å². The van der Waals surface area contributed by atoms with E-state index < -0.39 is 0 Å². The molecule has 66 valence electrons. The molecule has 0 aliphatic heterocycles. The summed E-state index contributed by atoms with van der Waals surface area (Å²) >= 11 is 3.94. The number of thiol groups is 1. The Morgan fingerprint density at radius 1 is 1.73 bits per heavy atom. The number of carbonyl (C=O) groups excluding carboxylic acids is 1. The molecule has 4 heteroatoms. The van der Waals surface area contributed by atoms with Gasteiger partial charge in [-0.05, 0) is 12.7 Å². The van der Waals surface area contributed by atoms with E-state index in [9.17, 15) is 4.79 Å². The summed E-state index contributed by atoms with van der Waals surface area (Å²) in [4.78, 5) is 12.6. The first-order valence-electron chi connectivity index (χ1n) is 3.60. The lowest BCUT2D eigenvalue weighted by Gasteiger charge is -2.22. The van der Waals surface area contributed by atoms with Gasteiger partial charge in [-0.2, -0.15) is 12.6 Å². The Morgan fingerprint density at radius 2 is 2.27 bits per heavy atom. The number of rotatable bonds is 4. The first kappa shape index (κ1) is 10.8. The van der Waals surface area contributed by atoms with E-state index in [1.165, 1.54) is 4.90 Å². The minimum absolute atomic E-state index is 0.00874. The summed E-state index contributed by atoms with van der Waals surface area (Å²) < 4.78 is 0. The van der Waals surface area contributed by atoms with Crippen molar-refractivity contribution in [2.75, 3.05) is 19.4 Å². The van der Waals surface area contributed by atoms with Crippen LogP contribution in [0.3, 0.4) is 0 Å². The molecule has 1 N–H and O–H groups in total. The highest BCUT2D eigenvalue weighted by Gasteiger charge is 2.12. The van der Waals surface area contributed by atoms with Crippen LogP contribution >= 0.6 is 12.6 Å². The first-order valence-corrected chi connectivity index (χ1v) is 4.24. The number of aliphatic hydroxyl groups is 1. The van der Waals surface area contributed by atoms with Gasteiger partial charge in [0.2, 0.25) is 5.91 Å². The zero-order valence-electron chi connectivity index (χ0n) is 6.95. The van der Waals surface area contributed by atoms with Gasteiger partial charge < -0.3 is 10.0 Å². The molecule has 0 saturated heterocycles. The summed E-state index contributed by atoms with van der Waals surface area (Å²) in [6.45, 7) is 1.81. The maximum absolute atomic E-state index is 11.1. The highest BCUT2D eigenvalue weighted by molar-refractivity contribution is 7.80. The molecule has 0 aromatic heterocycles. The monoisotopic (exact) mass is 177 g/mol. The number of hydrogen-bond acceptors (Lipinski definition) is 3. The summed E-state index contributed by atoms with van der Waals surface area (Å²) in [7, 11) is 1.69. The van der Waals surface area contributed by atoms with Crippen LogP contribution in [0.1, 0.15) is 13.3 Å². The predicted molar refractivity (Wildman–Crippen MR) is 47.8 cm³/mol. The maximum atomic E-state index is 11.1. The van der Waals surface area contributed by atoms with Gasteiger partial charge in [0.25, 0.3) is 0 Å². The fraction of sp³-hybridized carbons (Fsp3) is 0.857. The van der Waals surface area contributed by atoms with Gasteiger partial charge in [0.05, 0.1) is 12.6 Å². The van der Waals surface area contributed by atoms with Crippen molar-refractivity contribution in [1.29, 1.82) is 0 Å². The Labute approximate surface area is 72.8 Å². The molecule has 1 unspecified atom stereocenters. The smallest absolute Gasteiger partial charge is 0.223 e. The summed E-state index contributed by atoms with van der Waals surface area (Å²) in [5.74, 6) is 0.586. The average Bonchev–Trinajstić information content (AvgIpc) is 2.02. The normalized spacial score (nSPS) is 12.7. The van der Waals surface area contributed by atoms with Crippen molar-refractivity contribution in [1.82, 2.24) is 4.90 Å². The van der Waals surface area contributed by atoms with Crippen LogP contribution in [0.5, 0.6) is 0 Å². The molecule has 0 aliphatic carbocycles. The van der Waals surface area contributed by atoms with Crippen molar-refractivity contribution >= 4 is 18.5 Å². The van der Waals surface area contributed by atoms with Crippen molar-refractivity contribution in [3.05, 3.63) is 0 Å². The fourth-order valence-corrected chi connectivity index (χ4v) is 0.832. The summed E-state index contributed by atoms with van der Waals surface area (Å²) in [5, 5.41) is 8.71. The predicted octanol–water partition coefficient (Wildman–Crippen LogP) is 0.145. The Kier molecular flexibility index (Phi) is 5.32. The minimum atomic E-state index is -0.0950. The summed E-state index contributed by atoms with van der Waals surface area (Å²) in [5.41, 5.74) is 0. The number of aliphatic hydroxyl groups excluding tert-OH is 1. The molecule has 0 rings (SSSR count). The topological polar surface area (TPSA) is 40.5 Å². The molecule has 0 fully saturated rings. The second-order valence-electron chi connectivity index (χ2n) is 2.51. The van der Waals surface area contributed by atoms with E-state index in [4.69, 9.17) is 5.11 Å². The number of amides is 1. The zero-order chi connectivity index (χ0) is 8.85. The van der Waals surface area contributed by atoms with E-state index in [0.717, 1.165) is 0 Å². The van der Waals surface area contributed by atoms with Crippen molar-refractivity contribution in [2.24, 2.45) is 0 Å². The third kappa shape index (κ3) is 3.62. The molecule has 0 aromatic rings. The average molecular weight is 177 g/mol. The number of nitrogens with zero attached hydrogens (tertiary/aromatic N) is 1. The van der Waals surface area contributed by atoms with Crippen LogP contribution in [-0.4, -0.2) is 41.4 Å². The lowest BCUT2D eigenvalue weighted by molar-refractivity contribution is -0.131. The molecule has 11 heavy (non-hydrogen) atoms. The van der Waals surface area contributed by atoms with E-state index in [2.05, 4.69) is 12.6 Å². The standard InChI is InChI=1S/C7H15NO2S/c1-6(5-9)8(2)7(10)3-4-11/h6,9,11H,3-5H2,1-2H3. The SMILES string of the molecule is CC(CO)N(C)C(=O)CCS. The lowest BCUT2D eigenvalue weighted by Crippen LogP contribution is -2.37. The van der Waals surface area contributed by atoms with Gasteiger partial charge in [-0.15, -0.1) is 0 Å². The minimum Gasteiger partial charge on any atom is -0.394 e. The van der Waals surface area contributed by atoms with Crippen molar-refractivity contribution in [2.45, 2.75) is 19.4 Å². The molecule has 3 nitrogen and oxygen atoms in total. The van der Waals surface area contributed by atoms with Gasteiger partial charge in [-0.1, -0.05) is 0 Å². The summed E-state index contributed by atoms with van der Waals surface area (Å²) in [6, 6.07) is -0.0950. The fourth-order valence-electron chi connectivity index (χ4n) is 0.640. The molecule has 1 amide bonds. The molecule has 0 radical (unpaired) electrons. The van der Waals surface area contributed by atoms with Crippen LogP contribution in [0.4, 0.5) is 0 Å². The van der Waals surface area contributed by atoms with E-state index in [1.807, 2.05) is 0 Å². The van der Waals surface area contributed by atoms with E-state index in [1.54, 1.807) is 14.0 Å². The van der Waals surface area contributed by atoms with Crippen LogP contribution < -0.4 is 0 Å². The largest absolute Gasteiger partial charge is 0.394 e. The molecule has 1 atom stereocenters. The number of carbonyl (C=O) groups is 1. The van der Waals surface area contributed by atoms with Crippen LogP contribution in [0.2, 0.25) is 0 Å². The Morgan fingerprint density at radius 3 is 2.64 bits per heavy atom. The van der Waals surface area contributed by atoms with Crippen molar-refractivity contribution < 1.29 is 9.90 Å². The van der Waals surface area contributed by atoms with Gasteiger partial charge in [0.15, 0.2) is 0 Å². The van der Waals surface area contributed by atoms with Gasteiger partial charge in [0.1, 0.15) is 0 Å². The number of likely N-dealkylation sites (N-methyl/N-ethyl adjacent to an activating group) is 1. The molecule has 0 aliphatic rings. The van der Waals surface area contributed by atoms with Gasteiger partial charge >= 0.3 is 0 Å². The van der Waals surface area contributed by atoms with Gasteiger partial charge in [0, 0.05) is 13.5 Å².